The van der Waals surface area contributed by atoms with E-state index < -0.39 is 0 Å². The van der Waals surface area contributed by atoms with E-state index in [0.29, 0.717) is 6.04 Å². The van der Waals surface area contributed by atoms with Crippen molar-refractivity contribution in [1.82, 2.24) is 20.0 Å². The van der Waals surface area contributed by atoms with Gasteiger partial charge in [0.2, 0.25) is 5.91 Å². The van der Waals surface area contributed by atoms with Gasteiger partial charge < -0.3 is 10.2 Å². The number of nitrogens with zero attached hydrogens (tertiary/aromatic N) is 3. The zero-order chi connectivity index (χ0) is 13.1. The lowest BCUT2D eigenvalue weighted by molar-refractivity contribution is -0.134. The Kier molecular flexibility index (Phi) is 4.01. The van der Waals surface area contributed by atoms with Crippen molar-refractivity contribution in [3.63, 3.8) is 0 Å². The molecular weight excluding hydrogens is 228 g/mol. The summed E-state index contributed by atoms with van der Waals surface area (Å²) < 4.78 is 1.72. The van der Waals surface area contributed by atoms with Crippen molar-refractivity contribution in [3.8, 4) is 0 Å². The fraction of sp³-hybridized carbons (Fsp3) is 0.692. The molecule has 0 spiro atoms. The number of hydrogen-bond acceptors (Lipinski definition) is 3. The Morgan fingerprint density at radius 3 is 2.72 bits per heavy atom. The summed E-state index contributed by atoms with van der Waals surface area (Å²) in [5.41, 5.74) is 0.926. The maximum Gasteiger partial charge on any atom is 0.244 e. The van der Waals surface area contributed by atoms with Gasteiger partial charge in [-0.05, 0) is 19.9 Å². The van der Waals surface area contributed by atoms with E-state index in [-0.39, 0.29) is 11.9 Å². The van der Waals surface area contributed by atoms with E-state index in [4.69, 9.17) is 0 Å². The van der Waals surface area contributed by atoms with Crippen LogP contribution in [0.15, 0.2) is 12.4 Å². The third-order valence-corrected chi connectivity index (χ3v) is 3.81. The first-order chi connectivity index (χ1) is 8.63. The Morgan fingerprint density at radius 1 is 1.56 bits per heavy atom. The van der Waals surface area contributed by atoms with Gasteiger partial charge in [0, 0.05) is 31.9 Å². The lowest BCUT2D eigenvalue weighted by Gasteiger charge is -2.28. The van der Waals surface area contributed by atoms with Crippen LogP contribution >= 0.6 is 0 Å². The second-order valence-electron chi connectivity index (χ2n) is 5.06. The molecule has 1 aliphatic carbocycles. The molecule has 1 fully saturated rings. The summed E-state index contributed by atoms with van der Waals surface area (Å²) in [5, 5.41) is 7.22. The molecule has 1 N–H and O–H groups in total. The van der Waals surface area contributed by atoms with E-state index in [9.17, 15) is 4.79 Å². The van der Waals surface area contributed by atoms with E-state index >= 15 is 0 Å². The van der Waals surface area contributed by atoms with Crippen molar-refractivity contribution >= 4 is 5.91 Å². The molecule has 18 heavy (non-hydrogen) atoms. The fourth-order valence-electron chi connectivity index (χ4n) is 2.70. The van der Waals surface area contributed by atoms with Gasteiger partial charge in [-0.1, -0.05) is 12.8 Å². The summed E-state index contributed by atoms with van der Waals surface area (Å²) in [5.74, 6) is 0.136. The van der Waals surface area contributed by atoms with Crippen LogP contribution in [-0.2, 0) is 11.8 Å². The van der Waals surface area contributed by atoms with Gasteiger partial charge in [-0.2, -0.15) is 5.10 Å². The minimum Gasteiger partial charge on any atom is -0.341 e. The first-order valence-electron chi connectivity index (χ1n) is 6.56. The standard InChI is InChI=1S/C13H22N4O/c1-14-12(10-8-15-16(2)9-10)13(18)17(3)11-6-4-5-7-11/h8-9,11-12,14H,4-7H2,1-3H3. The lowest BCUT2D eigenvalue weighted by atomic mass is 10.1. The Balaban J connectivity index is 2.09. The first-order valence-corrected chi connectivity index (χ1v) is 6.56. The van der Waals surface area contributed by atoms with E-state index in [1.807, 2.05) is 32.2 Å². The molecule has 1 aromatic rings. The number of carbonyl (C=O) groups is 1. The number of aryl methyl sites for hydroxylation is 1. The number of nitrogens with one attached hydrogen (secondary N) is 1. The molecule has 0 saturated heterocycles. The molecule has 1 saturated carbocycles. The number of hydrogen-bond donors (Lipinski definition) is 1. The maximum atomic E-state index is 12.5. The molecule has 1 amide bonds. The number of carbonyl (C=O) groups excluding carboxylic acids is 1. The van der Waals surface area contributed by atoms with Gasteiger partial charge >= 0.3 is 0 Å². The molecule has 2 rings (SSSR count). The smallest absolute Gasteiger partial charge is 0.244 e. The average Bonchev–Trinajstić information content (AvgIpc) is 3.00. The number of aromatic nitrogens is 2. The topological polar surface area (TPSA) is 50.2 Å². The van der Waals surface area contributed by atoms with Gasteiger partial charge in [0.1, 0.15) is 6.04 Å². The average molecular weight is 250 g/mol. The van der Waals surface area contributed by atoms with Gasteiger partial charge in [-0.25, -0.2) is 0 Å². The number of amides is 1. The molecule has 1 heterocycles. The van der Waals surface area contributed by atoms with Crippen molar-refractivity contribution in [3.05, 3.63) is 18.0 Å². The molecule has 1 unspecified atom stereocenters. The Bertz CT molecular complexity index is 409. The Labute approximate surface area is 108 Å². The summed E-state index contributed by atoms with van der Waals surface area (Å²) in [4.78, 5) is 14.4. The molecule has 0 bridgehead atoms. The van der Waals surface area contributed by atoms with Crippen LogP contribution in [0.4, 0.5) is 0 Å². The number of likely N-dealkylation sites (N-methyl/N-ethyl adjacent to an activating group) is 2. The highest BCUT2D eigenvalue weighted by atomic mass is 16.2. The van der Waals surface area contributed by atoms with E-state index in [2.05, 4.69) is 10.4 Å². The summed E-state index contributed by atoms with van der Waals surface area (Å²) in [7, 11) is 5.60. The summed E-state index contributed by atoms with van der Waals surface area (Å²) >= 11 is 0. The van der Waals surface area contributed by atoms with Crippen molar-refractivity contribution in [1.29, 1.82) is 0 Å². The first kappa shape index (κ1) is 13.1. The van der Waals surface area contributed by atoms with Crippen LogP contribution in [0.3, 0.4) is 0 Å². The maximum absolute atomic E-state index is 12.5. The highest BCUT2D eigenvalue weighted by Crippen LogP contribution is 2.25. The van der Waals surface area contributed by atoms with Gasteiger partial charge in [-0.15, -0.1) is 0 Å². The zero-order valence-corrected chi connectivity index (χ0v) is 11.4. The predicted octanol–water partition coefficient (Wildman–Crippen LogP) is 1.08. The molecule has 5 heteroatoms. The van der Waals surface area contributed by atoms with Crippen LogP contribution in [0.5, 0.6) is 0 Å². The molecule has 100 valence electrons. The zero-order valence-electron chi connectivity index (χ0n) is 11.4. The van der Waals surface area contributed by atoms with Gasteiger partial charge in [0.05, 0.1) is 6.20 Å². The van der Waals surface area contributed by atoms with Crippen LogP contribution in [0.2, 0.25) is 0 Å². The van der Waals surface area contributed by atoms with Crippen LogP contribution < -0.4 is 5.32 Å². The summed E-state index contributed by atoms with van der Waals surface area (Å²) in [6.07, 6.45) is 8.37. The van der Waals surface area contributed by atoms with E-state index in [1.165, 1.54) is 12.8 Å². The minimum atomic E-state index is -0.288. The SMILES string of the molecule is CNC(C(=O)N(C)C1CCCC1)c1cnn(C)c1. The summed E-state index contributed by atoms with van der Waals surface area (Å²) in [6, 6.07) is 0.120. The van der Waals surface area contributed by atoms with E-state index in [0.717, 1.165) is 18.4 Å². The largest absolute Gasteiger partial charge is 0.341 e. The minimum absolute atomic E-state index is 0.136. The molecule has 0 radical (unpaired) electrons. The van der Waals surface area contributed by atoms with Crippen molar-refractivity contribution in [2.75, 3.05) is 14.1 Å². The second-order valence-corrected chi connectivity index (χ2v) is 5.06. The van der Waals surface area contributed by atoms with Crippen LogP contribution in [0, 0.1) is 0 Å². The van der Waals surface area contributed by atoms with Crippen LogP contribution in [0.1, 0.15) is 37.3 Å². The number of rotatable bonds is 4. The molecule has 0 aromatic carbocycles. The van der Waals surface area contributed by atoms with Crippen LogP contribution in [-0.4, -0.2) is 40.7 Å². The highest BCUT2D eigenvalue weighted by Gasteiger charge is 2.29. The Hall–Kier alpha value is -1.36. The van der Waals surface area contributed by atoms with Crippen LogP contribution in [0.25, 0.3) is 0 Å². The van der Waals surface area contributed by atoms with Gasteiger partial charge in [0.25, 0.3) is 0 Å². The third-order valence-electron chi connectivity index (χ3n) is 3.81. The van der Waals surface area contributed by atoms with Gasteiger partial charge in [-0.3, -0.25) is 9.48 Å². The monoisotopic (exact) mass is 250 g/mol. The third kappa shape index (κ3) is 2.56. The normalized spacial score (nSPS) is 17.9. The molecule has 1 aliphatic rings. The molecule has 5 nitrogen and oxygen atoms in total. The van der Waals surface area contributed by atoms with Crippen molar-refractivity contribution in [2.24, 2.45) is 7.05 Å². The molecule has 1 aromatic heterocycles. The quantitative estimate of drug-likeness (QED) is 0.870. The fourth-order valence-corrected chi connectivity index (χ4v) is 2.70. The molecule has 0 aliphatic heterocycles. The molecule has 1 atom stereocenters. The Morgan fingerprint density at radius 2 is 2.22 bits per heavy atom. The molecular formula is C13H22N4O. The van der Waals surface area contributed by atoms with Crippen molar-refractivity contribution < 1.29 is 4.79 Å². The van der Waals surface area contributed by atoms with Crippen molar-refractivity contribution in [2.45, 2.75) is 37.8 Å². The second kappa shape index (κ2) is 5.52. The van der Waals surface area contributed by atoms with Gasteiger partial charge in [0.15, 0.2) is 0 Å². The predicted molar refractivity (Wildman–Crippen MR) is 70.0 cm³/mol. The van der Waals surface area contributed by atoms with E-state index in [1.54, 1.807) is 10.9 Å². The lowest BCUT2D eigenvalue weighted by Crippen LogP contribution is -2.42. The highest BCUT2D eigenvalue weighted by molar-refractivity contribution is 5.83. The summed E-state index contributed by atoms with van der Waals surface area (Å²) in [6.45, 7) is 0.